The van der Waals surface area contributed by atoms with Crippen LogP contribution in [0.5, 0.6) is 0 Å². The second-order valence-corrected chi connectivity index (χ2v) is 9.52. The quantitative estimate of drug-likeness (QED) is 0.516. The van der Waals surface area contributed by atoms with Crippen molar-refractivity contribution in [3.8, 4) is 10.6 Å². The summed E-state index contributed by atoms with van der Waals surface area (Å²) in [5.41, 5.74) is 9.34. The average molecular weight is 434 g/mol. The summed E-state index contributed by atoms with van der Waals surface area (Å²) >= 11 is 1.58. The number of hydrogen-bond donors (Lipinski definition) is 1. The topological polar surface area (TPSA) is 88.1 Å². The number of hydrogen-bond acceptors (Lipinski definition) is 7. The normalized spacial score (nSPS) is 27.0. The molecule has 31 heavy (non-hydrogen) atoms. The fourth-order valence-electron chi connectivity index (χ4n) is 5.13. The van der Waals surface area contributed by atoms with Crippen molar-refractivity contribution in [2.75, 3.05) is 5.73 Å². The van der Waals surface area contributed by atoms with Gasteiger partial charge in [0, 0.05) is 29.3 Å². The lowest BCUT2D eigenvalue weighted by Gasteiger charge is -2.24. The Morgan fingerprint density at radius 2 is 1.90 bits per heavy atom. The first-order valence-corrected chi connectivity index (χ1v) is 11.3. The fraction of sp³-hybridized carbons (Fsp3) is 0.348. The van der Waals surface area contributed by atoms with Crippen LogP contribution in [0.15, 0.2) is 54.4 Å². The number of thiazole rings is 1. The summed E-state index contributed by atoms with van der Waals surface area (Å²) in [5.74, 6) is 0.0702. The van der Waals surface area contributed by atoms with Crippen LogP contribution in [-0.4, -0.2) is 37.5 Å². The summed E-state index contributed by atoms with van der Waals surface area (Å²) in [4.78, 5) is 13.4. The monoisotopic (exact) mass is 433 g/mol. The number of anilines is 1. The van der Waals surface area contributed by atoms with Crippen LogP contribution in [0.3, 0.4) is 0 Å². The summed E-state index contributed by atoms with van der Waals surface area (Å²) in [6.07, 6.45) is 6.21. The van der Waals surface area contributed by atoms with Gasteiger partial charge in [-0.25, -0.2) is 15.0 Å². The smallest absolute Gasteiger partial charge is 0.163 e. The van der Waals surface area contributed by atoms with E-state index in [0.717, 1.165) is 28.0 Å². The number of fused-ring (bicyclic) bond motifs is 2. The van der Waals surface area contributed by atoms with E-state index in [0.29, 0.717) is 5.82 Å². The molecule has 2 aliphatic rings. The zero-order chi connectivity index (χ0) is 21.2. The summed E-state index contributed by atoms with van der Waals surface area (Å²) < 4.78 is 15.0. The molecule has 158 valence electrons. The Balaban J connectivity index is 1.51. The minimum atomic E-state index is -0.629. The molecular weight excluding hydrogens is 410 g/mol. The molecule has 4 heterocycles. The van der Waals surface area contributed by atoms with Crippen LogP contribution in [-0.2, 0) is 9.47 Å². The lowest BCUT2D eigenvalue weighted by Crippen LogP contribution is -2.27. The van der Waals surface area contributed by atoms with Gasteiger partial charge in [-0.15, -0.1) is 11.3 Å². The van der Waals surface area contributed by atoms with Gasteiger partial charge in [-0.05, 0) is 25.8 Å². The van der Waals surface area contributed by atoms with E-state index in [2.05, 4.69) is 50.0 Å². The average Bonchev–Trinajstić information content (AvgIpc) is 3.51. The first-order chi connectivity index (χ1) is 15.0. The minimum absolute atomic E-state index is 0.0256. The van der Waals surface area contributed by atoms with E-state index in [1.165, 1.54) is 11.9 Å². The van der Waals surface area contributed by atoms with Crippen molar-refractivity contribution in [1.82, 2.24) is 19.5 Å². The van der Waals surface area contributed by atoms with E-state index in [4.69, 9.17) is 15.2 Å². The Kier molecular flexibility index (Phi) is 4.18. The number of ether oxygens (including phenoxy) is 2. The van der Waals surface area contributed by atoms with Gasteiger partial charge in [0.15, 0.2) is 5.79 Å². The van der Waals surface area contributed by atoms with Gasteiger partial charge in [-0.3, -0.25) is 0 Å². The van der Waals surface area contributed by atoms with Gasteiger partial charge in [0.2, 0.25) is 0 Å². The number of benzene rings is 1. The minimum Gasteiger partial charge on any atom is -0.383 e. The molecule has 3 aromatic heterocycles. The molecule has 1 aliphatic heterocycles. The van der Waals surface area contributed by atoms with Gasteiger partial charge in [0.1, 0.15) is 28.9 Å². The fourth-order valence-corrected chi connectivity index (χ4v) is 5.79. The maximum Gasteiger partial charge on any atom is 0.163 e. The summed E-state index contributed by atoms with van der Waals surface area (Å²) in [6, 6.07) is 10.6. The molecule has 1 aliphatic carbocycles. The zero-order valence-electron chi connectivity index (χ0n) is 17.3. The summed E-state index contributed by atoms with van der Waals surface area (Å²) in [6.45, 7) is 3.97. The predicted molar refractivity (Wildman–Crippen MR) is 120 cm³/mol. The second kappa shape index (κ2) is 6.85. The van der Waals surface area contributed by atoms with Crippen molar-refractivity contribution in [3.63, 3.8) is 0 Å². The standard InChI is InChI=1S/C23H23N5O2S/c1-23(2)29-18-14(13-6-4-3-5-7-13)10-16(19(18)30-23)28-11-15(22-25-8-9-31-22)17-20(24)26-12-27-21(17)28/h3-9,11-12,14,16,18-19H,10H2,1-2H3,(H2,24,26,27)/t14-,16-,18-,19+/m1/s1. The number of aromatic nitrogens is 4. The van der Waals surface area contributed by atoms with E-state index in [1.807, 2.05) is 25.3 Å². The van der Waals surface area contributed by atoms with Crippen LogP contribution in [0.25, 0.3) is 21.6 Å². The molecule has 0 amide bonds. The molecule has 2 fully saturated rings. The van der Waals surface area contributed by atoms with Crippen LogP contribution in [0, 0.1) is 0 Å². The Labute approximate surface area is 183 Å². The van der Waals surface area contributed by atoms with Crippen LogP contribution in [0.2, 0.25) is 0 Å². The molecule has 8 heteroatoms. The summed E-state index contributed by atoms with van der Waals surface area (Å²) in [7, 11) is 0. The summed E-state index contributed by atoms with van der Waals surface area (Å²) in [5, 5.41) is 3.71. The van der Waals surface area contributed by atoms with Gasteiger partial charge in [0.05, 0.1) is 17.5 Å². The first kappa shape index (κ1) is 18.9. The van der Waals surface area contributed by atoms with Gasteiger partial charge in [-0.1, -0.05) is 30.3 Å². The third kappa shape index (κ3) is 2.97. The Morgan fingerprint density at radius 3 is 2.68 bits per heavy atom. The first-order valence-electron chi connectivity index (χ1n) is 10.4. The van der Waals surface area contributed by atoms with E-state index < -0.39 is 5.79 Å². The van der Waals surface area contributed by atoms with Crippen LogP contribution in [0.4, 0.5) is 5.82 Å². The highest BCUT2D eigenvalue weighted by Crippen LogP contribution is 2.52. The van der Waals surface area contributed by atoms with E-state index in [1.54, 1.807) is 17.5 Å². The van der Waals surface area contributed by atoms with E-state index >= 15 is 0 Å². The predicted octanol–water partition coefficient (Wildman–Crippen LogP) is 4.39. The maximum absolute atomic E-state index is 6.44. The lowest BCUT2D eigenvalue weighted by atomic mass is 9.95. The van der Waals surface area contributed by atoms with Crippen molar-refractivity contribution in [1.29, 1.82) is 0 Å². The highest BCUT2D eigenvalue weighted by Gasteiger charge is 2.55. The number of nitrogens with zero attached hydrogens (tertiary/aromatic N) is 4. The molecule has 1 saturated carbocycles. The van der Waals surface area contributed by atoms with Crippen molar-refractivity contribution < 1.29 is 9.47 Å². The van der Waals surface area contributed by atoms with Crippen molar-refractivity contribution in [2.24, 2.45) is 0 Å². The molecule has 1 saturated heterocycles. The highest BCUT2D eigenvalue weighted by atomic mass is 32.1. The highest BCUT2D eigenvalue weighted by molar-refractivity contribution is 7.13. The molecule has 7 nitrogen and oxygen atoms in total. The SMILES string of the molecule is CC1(C)O[C@@H]2[C@H](O1)[C@@H](c1ccccc1)C[C@H]2n1cc(-c2nccs2)c2c(N)ncnc21. The molecule has 2 N–H and O–H groups in total. The van der Waals surface area contributed by atoms with Crippen molar-refractivity contribution in [2.45, 2.75) is 50.2 Å². The van der Waals surface area contributed by atoms with E-state index in [9.17, 15) is 0 Å². The molecule has 6 rings (SSSR count). The zero-order valence-corrected chi connectivity index (χ0v) is 18.1. The molecule has 4 aromatic rings. The second-order valence-electron chi connectivity index (χ2n) is 8.63. The molecule has 0 unspecified atom stereocenters. The Bertz CT molecular complexity index is 1240. The largest absolute Gasteiger partial charge is 0.383 e. The lowest BCUT2D eigenvalue weighted by molar-refractivity contribution is -0.157. The van der Waals surface area contributed by atoms with Crippen molar-refractivity contribution in [3.05, 3.63) is 60.0 Å². The van der Waals surface area contributed by atoms with Gasteiger partial charge < -0.3 is 19.8 Å². The van der Waals surface area contributed by atoms with Gasteiger partial charge in [0.25, 0.3) is 0 Å². The third-order valence-electron chi connectivity index (χ3n) is 6.32. The molecule has 4 atom stereocenters. The molecule has 0 radical (unpaired) electrons. The molecule has 0 bridgehead atoms. The Morgan fingerprint density at radius 1 is 1.10 bits per heavy atom. The molecular formula is C23H23N5O2S. The van der Waals surface area contributed by atoms with Crippen LogP contribution >= 0.6 is 11.3 Å². The van der Waals surface area contributed by atoms with Gasteiger partial charge >= 0.3 is 0 Å². The molecule has 0 spiro atoms. The number of rotatable bonds is 3. The number of nitrogens with two attached hydrogens (primary N) is 1. The van der Waals surface area contributed by atoms with Gasteiger partial charge in [-0.2, -0.15) is 0 Å². The van der Waals surface area contributed by atoms with Crippen LogP contribution < -0.4 is 5.73 Å². The van der Waals surface area contributed by atoms with Crippen LogP contribution in [0.1, 0.15) is 37.8 Å². The number of nitrogen functional groups attached to an aromatic ring is 1. The maximum atomic E-state index is 6.44. The Hall–Kier alpha value is -2.81. The molecule has 1 aromatic carbocycles. The van der Waals surface area contributed by atoms with Crippen molar-refractivity contribution >= 4 is 28.2 Å². The van der Waals surface area contributed by atoms with E-state index in [-0.39, 0.29) is 24.2 Å². The third-order valence-corrected chi connectivity index (χ3v) is 7.13.